The van der Waals surface area contributed by atoms with Gasteiger partial charge in [-0.3, -0.25) is 4.79 Å². The van der Waals surface area contributed by atoms with Gasteiger partial charge in [0.2, 0.25) is 6.29 Å². The summed E-state index contributed by atoms with van der Waals surface area (Å²) in [6.45, 7) is 0. The molecule has 38 valence electrons. The van der Waals surface area contributed by atoms with Crippen molar-refractivity contribution in [3.63, 3.8) is 0 Å². The predicted molar refractivity (Wildman–Crippen MR) is 19.3 cm³/mol. The first kappa shape index (κ1) is 11.0. The molecule has 0 aromatic heterocycles. The van der Waals surface area contributed by atoms with E-state index in [1.807, 2.05) is 0 Å². The molecule has 0 aromatic carbocycles. The Morgan fingerprint density at radius 3 is 1.43 bits per heavy atom. The number of halogens is 3. The first-order chi connectivity index (χ1) is 2.56. The minimum atomic E-state index is -4.64. The van der Waals surface area contributed by atoms with Gasteiger partial charge in [0.1, 0.15) is 0 Å². The van der Waals surface area contributed by atoms with E-state index in [1.165, 1.54) is 0 Å². The van der Waals surface area contributed by atoms with Crippen molar-refractivity contribution in [3.05, 3.63) is 0 Å². The molecule has 0 fully saturated rings. The van der Waals surface area contributed by atoms with Gasteiger partial charge in [0.25, 0.3) is 0 Å². The number of hydrogen-bond acceptors (Lipinski definition) is 1. The molecule has 0 N–H and O–H groups in total. The molecule has 0 saturated heterocycles. The van der Waals surface area contributed by atoms with Crippen LogP contribution in [-0.2, 0) is 4.79 Å². The average Bonchev–Trinajstić information content (AvgIpc) is 1.35. The summed E-state index contributed by atoms with van der Waals surface area (Å²) in [5.74, 6) is 0. The van der Waals surface area contributed by atoms with Crippen LogP contribution >= 0.6 is 0 Å². The number of carbonyl (C=O) groups is 1. The Kier molecular flexibility index (Phi) is 6.31. The van der Waals surface area contributed by atoms with Crippen molar-refractivity contribution >= 4 is 57.7 Å². The van der Waals surface area contributed by atoms with E-state index in [4.69, 9.17) is 4.79 Å². The van der Waals surface area contributed by atoms with Crippen LogP contribution in [0.1, 0.15) is 0 Å². The third-order valence-corrected chi connectivity index (χ3v) is 0.134. The maximum absolute atomic E-state index is 10.4. The zero-order chi connectivity index (χ0) is 5.21. The van der Waals surface area contributed by atoms with Crippen molar-refractivity contribution < 1.29 is 18.0 Å². The van der Waals surface area contributed by atoms with Crippen LogP contribution in [0.15, 0.2) is 0 Å². The van der Waals surface area contributed by atoms with E-state index in [9.17, 15) is 13.2 Å². The Morgan fingerprint density at radius 2 is 1.43 bits per heavy atom. The van der Waals surface area contributed by atoms with Gasteiger partial charge < -0.3 is 0 Å². The SMILES string of the molecule is O=CC(F)(F)F.[KH]. The standard InChI is InChI=1S/C2HF3O.K.H/c3-2(4,5)1-6;;/h1H;;. The second kappa shape index (κ2) is 4.02. The molecule has 0 bridgehead atoms. The molecule has 0 spiro atoms. The molecule has 1 nitrogen and oxygen atoms in total. The Bertz CT molecular complexity index is 58.4. The zero-order valence-corrected chi connectivity index (χ0v) is 2.62. The van der Waals surface area contributed by atoms with E-state index < -0.39 is 12.5 Å². The summed E-state index contributed by atoms with van der Waals surface area (Å²) in [5.41, 5.74) is 0. The summed E-state index contributed by atoms with van der Waals surface area (Å²) in [4.78, 5) is 8.70. The Labute approximate surface area is 80.7 Å². The van der Waals surface area contributed by atoms with Crippen LogP contribution in [0.25, 0.3) is 0 Å². The molecule has 0 unspecified atom stereocenters. The maximum atomic E-state index is 10.4. The molecular weight excluding hydrogens is 136 g/mol. The fraction of sp³-hybridized carbons (Fsp3) is 0.500. The van der Waals surface area contributed by atoms with E-state index in [0.29, 0.717) is 0 Å². The van der Waals surface area contributed by atoms with Crippen molar-refractivity contribution in [1.29, 1.82) is 0 Å². The topological polar surface area (TPSA) is 17.1 Å². The van der Waals surface area contributed by atoms with Crippen molar-refractivity contribution in [3.8, 4) is 0 Å². The van der Waals surface area contributed by atoms with E-state index in [1.54, 1.807) is 0 Å². The molecule has 0 atom stereocenters. The molecule has 0 rings (SSSR count). The van der Waals surface area contributed by atoms with E-state index in [0.717, 1.165) is 0 Å². The zero-order valence-electron chi connectivity index (χ0n) is 2.62. The predicted octanol–water partition coefficient (Wildman–Crippen LogP) is 0.0991. The molecule has 5 heteroatoms. The molecule has 0 aliphatic carbocycles. The fourth-order valence-corrected chi connectivity index (χ4v) is 0. The summed E-state index contributed by atoms with van der Waals surface area (Å²) >= 11 is 0. The van der Waals surface area contributed by atoms with Gasteiger partial charge >= 0.3 is 57.6 Å². The van der Waals surface area contributed by atoms with Crippen LogP contribution in [0.2, 0.25) is 0 Å². The number of carbonyl (C=O) groups excluding carboxylic acids is 1. The van der Waals surface area contributed by atoms with Gasteiger partial charge in [0.05, 0.1) is 0 Å². The van der Waals surface area contributed by atoms with Crippen LogP contribution in [0, 0.1) is 0 Å². The van der Waals surface area contributed by atoms with Crippen molar-refractivity contribution in [1.82, 2.24) is 0 Å². The van der Waals surface area contributed by atoms with Crippen molar-refractivity contribution in [2.24, 2.45) is 0 Å². The molecule has 7 heavy (non-hydrogen) atoms. The van der Waals surface area contributed by atoms with Crippen molar-refractivity contribution in [2.45, 2.75) is 6.18 Å². The third kappa shape index (κ3) is 11.0. The van der Waals surface area contributed by atoms with Gasteiger partial charge in [0.15, 0.2) is 0 Å². The van der Waals surface area contributed by atoms with Crippen LogP contribution in [-0.4, -0.2) is 63.8 Å². The van der Waals surface area contributed by atoms with Crippen LogP contribution < -0.4 is 0 Å². The summed E-state index contributed by atoms with van der Waals surface area (Å²) < 4.78 is 31.2. The van der Waals surface area contributed by atoms with E-state index in [-0.39, 0.29) is 51.4 Å². The number of hydrogen-bond donors (Lipinski definition) is 0. The van der Waals surface area contributed by atoms with Gasteiger partial charge in [-0.25, -0.2) is 0 Å². The Balaban J connectivity index is 0. The molecule has 0 amide bonds. The number of rotatable bonds is 0. The molecule has 0 heterocycles. The van der Waals surface area contributed by atoms with Gasteiger partial charge in [-0.15, -0.1) is 0 Å². The first-order valence-electron chi connectivity index (χ1n) is 1.09. The third-order valence-electron chi connectivity index (χ3n) is 0.134. The van der Waals surface area contributed by atoms with Gasteiger partial charge in [-0.1, -0.05) is 0 Å². The number of aldehydes is 1. The average molecular weight is 138 g/mol. The van der Waals surface area contributed by atoms with Crippen LogP contribution in [0.4, 0.5) is 13.2 Å². The van der Waals surface area contributed by atoms with Crippen LogP contribution in [0.5, 0.6) is 0 Å². The second-order valence-electron chi connectivity index (χ2n) is 0.659. The van der Waals surface area contributed by atoms with E-state index in [2.05, 4.69) is 0 Å². The quantitative estimate of drug-likeness (QED) is 0.342. The second-order valence-corrected chi connectivity index (χ2v) is 0.659. The van der Waals surface area contributed by atoms with Crippen molar-refractivity contribution in [2.75, 3.05) is 0 Å². The van der Waals surface area contributed by atoms with Gasteiger partial charge in [-0.05, 0) is 0 Å². The van der Waals surface area contributed by atoms with Gasteiger partial charge in [0, 0.05) is 0 Å². The van der Waals surface area contributed by atoms with Crippen LogP contribution in [0.3, 0.4) is 0 Å². The van der Waals surface area contributed by atoms with E-state index >= 15 is 0 Å². The molecule has 0 aromatic rings. The number of alkyl halides is 3. The normalized spacial score (nSPS) is 9.57. The summed E-state index contributed by atoms with van der Waals surface area (Å²) in [6.07, 6.45) is -5.70. The fourth-order valence-electron chi connectivity index (χ4n) is 0. The monoisotopic (exact) mass is 138 g/mol. The summed E-state index contributed by atoms with van der Waals surface area (Å²) in [7, 11) is 0. The van der Waals surface area contributed by atoms with Gasteiger partial charge in [-0.2, -0.15) is 13.2 Å². The molecule has 0 saturated carbocycles. The summed E-state index contributed by atoms with van der Waals surface area (Å²) in [6, 6.07) is 0. The summed E-state index contributed by atoms with van der Waals surface area (Å²) in [5, 5.41) is 0. The molecule has 0 radical (unpaired) electrons. The first-order valence-corrected chi connectivity index (χ1v) is 1.09. The molecule has 0 aliphatic heterocycles. The minimum absolute atomic E-state index is 0. The Hall–Kier alpha value is 1.10. The molecule has 0 aliphatic rings. The Morgan fingerprint density at radius 1 is 1.29 bits per heavy atom. The molecular formula is C2H2F3KO.